The van der Waals surface area contributed by atoms with E-state index in [1.165, 1.54) is 5.46 Å². The topological polar surface area (TPSA) is 41.1 Å². The second-order valence-corrected chi connectivity index (χ2v) is 4.70. The van der Waals surface area contributed by atoms with Gasteiger partial charge in [-0.1, -0.05) is 31.4 Å². The van der Waals surface area contributed by atoms with E-state index in [1.807, 2.05) is 6.07 Å². The van der Waals surface area contributed by atoms with Gasteiger partial charge in [0.05, 0.1) is 5.52 Å². The summed E-state index contributed by atoms with van der Waals surface area (Å²) in [6.07, 6.45) is 1.62. The van der Waals surface area contributed by atoms with Crippen LogP contribution in [0.25, 0.3) is 10.9 Å². The second-order valence-electron chi connectivity index (χ2n) is 4.70. The van der Waals surface area contributed by atoms with Crippen molar-refractivity contribution in [3.8, 4) is 0 Å². The molecule has 0 spiro atoms. The van der Waals surface area contributed by atoms with E-state index in [9.17, 15) is 0 Å². The number of aromatic nitrogens is 2. The molecule has 0 saturated carbocycles. The summed E-state index contributed by atoms with van der Waals surface area (Å²) in [4.78, 5) is 11.0. The van der Waals surface area contributed by atoms with Crippen LogP contribution in [0.3, 0.4) is 0 Å². The van der Waals surface area contributed by atoms with Crippen molar-refractivity contribution in [1.29, 1.82) is 0 Å². The van der Waals surface area contributed by atoms with Gasteiger partial charge in [-0.2, -0.15) is 0 Å². The molecule has 0 unspecified atom stereocenters. The van der Waals surface area contributed by atoms with Crippen molar-refractivity contribution in [2.75, 3.05) is 31.5 Å². The van der Waals surface area contributed by atoms with E-state index in [0.717, 1.165) is 42.9 Å². The molecular formula is C14H21BN4. The molecule has 4 nitrogen and oxygen atoms in total. The highest BCUT2D eigenvalue weighted by molar-refractivity contribution is 6.33. The molecule has 0 amide bonds. The van der Waals surface area contributed by atoms with Gasteiger partial charge >= 0.3 is 0 Å². The van der Waals surface area contributed by atoms with Gasteiger partial charge in [0.1, 0.15) is 20.0 Å². The number of likely N-dealkylation sites (N-methyl/N-ethyl adjacent to an activating group) is 1. The molecule has 1 aromatic heterocycles. The summed E-state index contributed by atoms with van der Waals surface area (Å²) in [7, 11) is 2.09. The fourth-order valence-electron chi connectivity index (χ4n) is 2.18. The minimum absolute atomic E-state index is 0.904. The summed E-state index contributed by atoms with van der Waals surface area (Å²) >= 11 is 0. The van der Waals surface area contributed by atoms with Crippen LogP contribution in [-0.4, -0.2) is 48.9 Å². The van der Waals surface area contributed by atoms with Crippen LogP contribution in [0.4, 0.5) is 5.82 Å². The number of nitrogens with one attached hydrogen (secondary N) is 1. The third kappa shape index (κ3) is 3.44. The maximum Gasteiger partial charge on any atom is 0.139 e. The Kier molecular flexibility index (Phi) is 4.74. The van der Waals surface area contributed by atoms with Crippen LogP contribution in [0.5, 0.6) is 0 Å². The van der Waals surface area contributed by atoms with Crippen LogP contribution in [0.1, 0.15) is 13.8 Å². The van der Waals surface area contributed by atoms with Crippen LogP contribution in [0.2, 0.25) is 0 Å². The van der Waals surface area contributed by atoms with E-state index in [-0.39, 0.29) is 0 Å². The first-order valence-electron chi connectivity index (χ1n) is 6.92. The quantitative estimate of drug-likeness (QED) is 0.770. The van der Waals surface area contributed by atoms with E-state index >= 15 is 0 Å². The molecule has 0 bridgehead atoms. The molecule has 0 radical (unpaired) electrons. The van der Waals surface area contributed by atoms with Crippen LogP contribution in [0.15, 0.2) is 24.5 Å². The Morgan fingerprint density at radius 2 is 2.00 bits per heavy atom. The van der Waals surface area contributed by atoms with Gasteiger partial charge in [-0.25, -0.2) is 9.97 Å². The van der Waals surface area contributed by atoms with Gasteiger partial charge < -0.3 is 10.2 Å². The van der Waals surface area contributed by atoms with E-state index in [2.05, 4.69) is 54.0 Å². The van der Waals surface area contributed by atoms with Crippen LogP contribution in [-0.2, 0) is 0 Å². The molecule has 0 atom stereocenters. The number of hydrogen-bond acceptors (Lipinski definition) is 4. The van der Waals surface area contributed by atoms with Gasteiger partial charge in [-0.3, -0.25) is 0 Å². The first kappa shape index (κ1) is 13.8. The highest BCUT2D eigenvalue weighted by atomic mass is 15.1. The van der Waals surface area contributed by atoms with Gasteiger partial charge in [0.15, 0.2) is 0 Å². The standard InChI is InChI=1S/C14H21BN4/c1-3-19(4-2)8-7-16-14-12-9-11(15)5-6-13(12)17-10-18-14/h5-6,9-10H,3-4,7-8,15H2,1-2H3,(H,16,17,18). The number of anilines is 1. The van der Waals surface area contributed by atoms with Crippen molar-refractivity contribution in [3.05, 3.63) is 24.5 Å². The van der Waals surface area contributed by atoms with E-state index in [1.54, 1.807) is 6.33 Å². The van der Waals surface area contributed by atoms with Gasteiger partial charge in [0, 0.05) is 18.5 Å². The molecule has 0 aliphatic rings. The molecule has 100 valence electrons. The normalized spacial score (nSPS) is 11.1. The summed E-state index contributed by atoms with van der Waals surface area (Å²) in [5.41, 5.74) is 2.22. The maximum atomic E-state index is 4.36. The molecule has 1 N–H and O–H groups in total. The molecule has 5 heteroatoms. The molecular weight excluding hydrogens is 235 g/mol. The molecule has 1 aromatic carbocycles. The number of rotatable bonds is 6. The number of hydrogen-bond donors (Lipinski definition) is 1. The molecule has 2 rings (SSSR count). The summed E-state index contributed by atoms with van der Waals surface area (Å²) in [6, 6.07) is 6.26. The van der Waals surface area contributed by atoms with E-state index in [4.69, 9.17) is 0 Å². The zero-order valence-corrected chi connectivity index (χ0v) is 12.0. The highest BCUT2D eigenvalue weighted by Gasteiger charge is 2.04. The zero-order chi connectivity index (χ0) is 13.7. The lowest BCUT2D eigenvalue weighted by atomic mass is 9.95. The monoisotopic (exact) mass is 256 g/mol. The Bertz CT molecular complexity index is 540. The molecule has 1 heterocycles. The van der Waals surface area contributed by atoms with Gasteiger partial charge in [0.25, 0.3) is 0 Å². The highest BCUT2D eigenvalue weighted by Crippen LogP contribution is 2.16. The van der Waals surface area contributed by atoms with Gasteiger partial charge in [-0.05, 0) is 19.2 Å². The van der Waals surface area contributed by atoms with Crippen LogP contribution < -0.4 is 10.8 Å². The average molecular weight is 256 g/mol. The predicted molar refractivity (Wildman–Crippen MR) is 84.0 cm³/mol. The molecule has 2 aromatic rings. The number of fused-ring (bicyclic) bond motifs is 1. The van der Waals surface area contributed by atoms with Crippen molar-refractivity contribution >= 4 is 30.0 Å². The summed E-state index contributed by atoms with van der Waals surface area (Å²) in [5.74, 6) is 0.931. The van der Waals surface area contributed by atoms with Gasteiger partial charge in [0.2, 0.25) is 0 Å². The van der Waals surface area contributed by atoms with Crippen molar-refractivity contribution in [3.63, 3.8) is 0 Å². The second kappa shape index (κ2) is 6.52. The minimum Gasteiger partial charge on any atom is -0.368 e. The molecule has 19 heavy (non-hydrogen) atoms. The van der Waals surface area contributed by atoms with Crippen molar-refractivity contribution in [2.24, 2.45) is 0 Å². The third-order valence-corrected chi connectivity index (χ3v) is 3.41. The SMILES string of the molecule is Bc1ccc2ncnc(NCCN(CC)CC)c2c1. The first-order chi connectivity index (χ1) is 9.24. The summed E-state index contributed by atoms with van der Waals surface area (Å²) in [5, 5.41) is 4.52. The lowest BCUT2D eigenvalue weighted by Crippen LogP contribution is -2.28. The average Bonchev–Trinajstić information content (AvgIpc) is 2.44. The molecule has 0 saturated heterocycles. The summed E-state index contributed by atoms with van der Waals surface area (Å²) < 4.78 is 0. The van der Waals surface area contributed by atoms with E-state index < -0.39 is 0 Å². The van der Waals surface area contributed by atoms with Crippen molar-refractivity contribution < 1.29 is 0 Å². The predicted octanol–water partition coefficient (Wildman–Crippen LogP) is 0.642. The molecule has 0 aliphatic carbocycles. The fourth-order valence-corrected chi connectivity index (χ4v) is 2.18. The van der Waals surface area contributed by atoms with Crippen molar-refractivity contribution in [2.45, 2.75) is 13.8 Å². The van der Waals surface area contributed by atoms with E-state index in [0.29, 0.717) is 0 Å². The van der Waals surface area contributed by atoms with Crippen molar-refractivity contribution in [1.82, 2.24) is 14.9 Å². The lowest BCUT2D eigenvalue weighted by Gasteiger charge is -2.18. The van der Waals surface area contributed by atoms with Crippen LogP contribution in [0, 0.1) is 0 Å². The Morgan fingerprint density at radius 1 is 1.21 bits per heavy atom. The Hall–Kier alpha value is -1.62. The first-order valence-corrected chi connectivity index (χ1v) is 6.92. The Labute approximate surface area is 115 Å². The zero-order valence-electron chi connectivity index (χ0n) is 12.0. The number of nitrogens with zero attached hydrogens (tertiary/aromatic N) is 3. The third-order valence-electron chi connectivity index (χ3n) is 3.41. The van der Waals surface area contributed by atoms with Crippen LogP contribution >= 0.6 is 0 Å². The lowest BCUT2D eigenvalue weighted by molar-refractivity contribution is 0.316. The fraction of sp³-hybridized carbons (Fsp3) is 0.429. The number of benzene rings is 1. The summed E-state index contributed by atoms with van der Waals surface area (Å²) in [6.45, 7) is 8.48. The Morgan fingerprint density at radius 3 is 2.74 bits per heavy atom. The largest absolute Gasteiger partial charge is 0.368 e. The maximum absolute atomic E-state index is 4.36. The smallest absolute Gasteiger partial charge is 0.139 e. The van der Waals surface area contributed by atoms with Gasteiger partial charge in [-0.15, -0.1) is 0 Å². The molecule has 0 fully saturated rings. The Balaban J connectivity index is 2.10. The molecule has 0 aliphatic heterocycles. The minimum atomic E-state index is 0.904.